The van der Waals surface area contributed by atoms with Gasteiger partial charge < -0.3 is 0 Å². The zero-order chi connectivity index (χ0) is 4.28. The summed E-state index contributed by atoms with van der Waals surface area (Å²) in [6.45, 7) is 1.74. The van der Waals surface area contributed by atoms with E-state index in [1.54, 1.807) is 14.8 Å². The highest BCUT2D eigenvalue weighted by Gasteiger charge is 1.81. The van der Waals surface area contributed by atoms with Gasteiger partial charge in [0.2, 0.25) is 0 Å². The number of nitroso groups, excluding NO2 is 1. The first kappa shape index (κ1) is 4.66. The van der Waals surface area contributed by atoms with Gasteiger partial charge in [0, 0.05) is 0 Å². The molecule has 0 saturated heterocycles. The van der Waals surface area contributed by atoms with Gasteiger partial charge in [-0.2, -0.15) is 4.91 Å². The SMILES string of the molecule is B[C@H](C)N=O. The second kappa shape index (κ2) is 1.94. The predicted molar refractivity (Wildman–Crippen MR) is 23.8 cm³/mol. The molecule has 0 aromatic carbocycles. The standard InChI is InChI=1S/C2H6BNO/c1-2(3)4-5/h2H,3H2,1H3/t2-/m0/s1. The zero-order valence-corrected chi connectivity index (χ0v) is 3.43. The second-order valence-electron chi connectivity index (χ2n) is 1.20. The van der Waals surface area contributed by atoms with Crippen LogP contribution in [0.5, 0.6) is 0 Å². The van der Waals surface area contributed by atoms with Crippen LogP contribution in [0.15, 0.2) is 5.18 Å². The molecular weight excluding hydrogens is 64.8 g/mol. The Bertz CT molecular complexity index is 36.6. The highest BCUT2D eigenvalue weighted by atomic mass is 16.3. The summed E-state index contributed by atoms with van der Waals surface area (Å²) < 4.78 is 0. The lowest BCUT2D eigenvalue weighted by atomic mass is 10.0. The first-order chi connectivity index (χ1) is 2.27. The molecule has 0 fully saturated rings. The van der Waals surface area contributed by atoms with E-state index >= 15 is 0 Å². The van der Waals surface area contributed by atoms with Crippen LogP contribution in [0.2, 0.25) is 0 Å². The van der Waals surface area contributed by atoms with Gasteiger partial charge in [0.15, 0.2) is 0 Å². The summed E-state index contributed by atoms with van der Waals surface area (Å²) in [6.07, 6.45) is 0. The Morgan fingerprint density at radius 2 is 2.20 bits per heavy atom. The quantitative estimate of drug-likeness (QED) is 0.309. The van der Waals surface area contributed by atoms with E-state index in [-0.39, 0.29) is 5.94 Å². The Labute approximate surface area is 32.0 Å². The van der Waals surface area contributed by atoms with Crippen molar-refractivity contribution in [3.63, 3.8) is 0 Å². The second-order valence-corrected chi connectivity index (χ2v) is 1.20. The highest BCUT2D eigenvalue weighted by Crippen LogP contribution is 1.72. The van der Waals surface area contributed by atoms with Crippen LogP contribution in [0.3, 0.4) is 0 Å². The van der Waals surface area contributed by atoms with Crippen molar-refractivity contribution < 1.29 is 0 Å². The molecule has 28 valence electrons. The molecule has 0 N–H and O–H groups in total. The average Bonchev–Trinajstić information content (AvgIpc) is 1.38. The Morgan fingerprint density at radius 1 is 2.00 bits per heavy atom. The third kappa shape index (κ3) is 3.66. The van der Waals surface area contributed by atoms with E-state index in [2.05, 4.69) is 5.18 Å². The largest absolute Gasteiger partial charge is 0.151 e. The molecule has 3 heteroatoms. The molecule has 1 atom stereocenters. The number of hydrogen-bond donors (Lipinski definition) is 0. The Kier molecular flexibility index (Phi) is 1.81. The minimum Gasteiger partial charge on any atom is -0.151 e. The van der Waals surface area contributed by atoms with Gasteiger partial charge in [0.25, 0.3) is 0 Å². The van der Waals surface area contributed by atoms with Crippen molar-refractivity contribution in [1.82, 2.24) is 0 Å². The molecule has 0 radical (unpaired) electrons. The molecule has 0 saturated carbocycles. The van der Waals surface area contributed by atoms with Crippen LogP contribution in [0.25, 0.3) is 0 Å². The van der Waals surface area contributed by atoms with Crippen LogP contribution >= 0.6 is 0 Å². The van der Waals surface area contributed by atoms with E-state index in [1.807, 2.05) is 0 Å². The molecule has 0 aliphatic heterocycles. The van der Waals surface area contributed by atoms with E-state index in [4.69, 9.17) is 0 Å². The van der Waals surface area contributed by atoms with Crippen molar-refractivity contribution in [2.75, 3.05) is 0 Å². The van der Waals surface area contributed by atoms with Gasteiger partial charge in [-0.05, 0) is 6.92 Å². The summed E-state index contributed by atoms with van der Waals surface area (Å²) in [5.74, 6) is -0.0463. The van der Waals surface area contributed by atoms with Crippen molar-refractivity contribution in [3.8, 4) is 0 Å². The van der Waals surface area contributed by atoms with Gasteiger partial charge in [0.05, 0.1) is 5.94 Å². The van der Waals surface area contributed by atoms with E-state index < -0.39 is 0 Å². The number of hydrogen-bond acceptors (Lipinski definition) is 2. The molecule has 5 heavy (non-hydrogen) atoms. The lowest BCUT2D eigenvalue weighted by Crippen LogP contribution is -1.90. The number of rotatable bonds is 1. The van der Waals surface area contributed by atoms with E-state index in [0.29, 0.717) is 0 Å². The maximum Gasteiger partial charge on any atom is 0.137 e. The molecule has 0 aliphatic carbocycles. The van der Waals surface area contributed by atoms with Crippen molar-refractivity contribution in [2.45, 2.75) is 12.9 Å². The van der Waals surface area contributed by atoms with Crippen molar-refractivity contribution in [3.05, 3.63) is 4.91 Å². The summed E-state index contributed by atoms with van der Waals surface area (Å²) in [7, 11) is 1.74. The predicted octanol–water partition coefficient (Wildman–Crippen LogP) is -0.268. The van der Waals surface area contributed by atoms with Crippen LogP contribution in [-0.4, -0.2) is 13.8 Å². The van der Waals surface area contributed by atoms with E-state index in [1.165, 1.54) is 0 Å². The normalized spacial score (nSPS) is 13.8. The minimum atomic E-state index is -0.0463. The third-order valence-electron chi connectivity index (χ3n) is 0.211. The summed E-state index contributed by atoms with van der Waals surface area (Å²) in [4.78, 5) is 9.25. The first-order valence-electron chi connectivity index (χ1n) is 1.60. The maximum atomic E-state index is 9.25. The van der Waals surface area contributed by atoms with Crippen molar-refractivity contribution >= 4 is 7.85 Å². The van der Waals surface area contributed by atoms with Crippen molar-refractivity contribution in [1.29, 1.82) is 0 Å². The molecule has 0 spiro atoms. The van der Waals surface area contributed by atoms with E-state index in [9.17, 15) is 4.91 Å². The Balaban J connectivity index is 2.83. The fourth-order valence-corrected chi connectivity index (χ4v) is 0. The highest BCUT2D eigenvalue weighted by molar-refractivity contribution is 6.11. The molecule has 0 heterocycles. The molecule has 0 aromatic rings. The molecule has 2 nitrogen and oxygen atoms in total. The van der Waals surface area contributed by atoms with Gasteiger partial charge in [-0.15, -0.1) is 0 Å². The summed E-state index contributed by atoms with van der Waals surface area (Å²) in [5.41, 5.74) is 0. The molecule has 0 bridgehead atoms. The fourth-order valence-electron chi connectivity index (χ4n) is 0. The average molecular weight is 70.9 g/mol. The van der Waals surface area contributed by atoms with Gasteiger partial charge in [-0.3, -0.25) is 0 Å². The summed E-state index contributed by atoms with van der Waals surface area (Å²) >= 11 is 0. The smallest absolute Gasteiger partial charge is 0.137 e. The molecule has 0 rings (SSSR count). The lowest BCUT2D eigenvalue weighted by Gasteiger charge is -1.77. The van der Waals surface area contributed by atoms with Gasteiger partial charge >= 0.3 is 0 Å². The molecule has 0 aromatic heterocycles. The van der Waals surface area contributed by atoms with Gasteiger partial charge in [-0.25, -0.2) is 0 Å². The first-order valence-corrected chi connectivity index (χ1v) is 1.60. The molecule has 0 aliphatic rings. The maximum absolute atomic E-state index is 9.25. The summed E-state index contributed by atoms with van der Waals surface area (Å²) in [6, 6.07) is 0. The van der Waals surface area contributed by atoms with Crippen LogP contribution in [-0.2, 0) is 0 Å². The zero-order valence-electron chi connectivity index (χ0n) is 3.43. The molecule has 0 amide bonds. The monoisotopic (exact) mass is 71.1 g/mol. The molecule has 0 unspecified atom stereocenters. The van der Waals surface area contributed by atoms with Crippen molar-refractivity contribution in [2.24, 2.45) is 5.18 Å². The summed E-state index contributed by atoms with van der Waals surface area (Å²) in [5, 5.41) is 2.64. The minimum absolute atomic E-state index is 0.0463. The molecular formula is C2H6BNO. The van der Waals surface area contributed by atoms with Crippen LogP contribution in [0.4, 0.5) is 0 Å². The van der Waals surface area contributed by atoms with Gasteiger partial charge in [-0.1, -0.05) is 5.18 Å². The fraction of sp³-hybridized carbons (Fsp3) is 1.00. The Hall–Kier alpha value is -0.335. The number of nitrogens with zero attached hydrogens (tertiary/aromatic N) is 1. The van der Waals surface area contributed by atoms with Crippen LogP contribution in [0.1, 0.15) is 6.92 Å². The third-order valence-corrected chi connectivity index (χ3v) is 0.211. The van der Waals surface area contributed by atoms with Gasteiger partial charge in [0.1, 0.15) is 7.85 Å². The lowest BCUT2D eigenvalue weighted by molar-refractivity contribution is 1.02. The van der Waals surface area contributed by atoms with Crippen LogP contribution in [0, 0.1) is 4.91 Å². The Morgan fingerprint density at radius 3 is 2.20 bits per heavy atom. The van der Waals surface area contributed by atoms with Crippen LogP contribution < -0.4 is 0 Å². The van der Waals surface area contributed by atoms with E-state index in [0.717, 1.165) is 0 Å². The topological polar surface area (TPSA) is 29.4 Å².